The molecule has 0 saturated carbocycles. The molecule has 1 aromatic carbocycles. The highest BCUT2D eigenvalue weighted by Crippen LogP contribution is 2.31. The van der Waals surface area contributed by atoms with Crippen molar-refractivity contribution in [3.63, 3.8) is 0 Å². The zero-order valence-electron chi connectivity index (χ0n) is 20.7. The lowest BCUT2D eigenvalue weighted by molar-refractivity contribution is -0.352. The number of hydrogen-bond acceptors (Lipinski definition) is 8. The lowest BCUT2D eigenvalue weighted by atomic mass is 10.0. The molecule has 40 heavy (non-hydrogen) atoms. The van der Waals surface area contributed by atoms with Gasteiger partial charge in [-0.05, 0) is 23.8 Å². The molecule has 0 N–H and O–H groups in total. The minimum atomic E-state index is -4.83. The maximum Gasteiger partial charge on any atom is 0.522 e. The lowest BCUT2D eigenvalue weighted by Gasteiger charge is -2.39. The largest absolute Gasteiger partial charge is 0.522 e. The van der Waals surface area contributed by atoms with Crippen LogP contribution in [0.3, 0.4) is 0 Å². The summed E-state index contributed by atoms with van der Waals surface area (Å²) >= 11 is 0. The smallest absolute Gasteiger partial charge is 0.337 e. The molecular formula is C24H21F5N8O3. The molecule has 3 aliphatic rings. The first-order valence-corrected chi connectivity index (χ1v) is 12.1. The topological polar surface area (TPSA) is 118 Å². The first kappa shape index (κ1) is 27.2. The molecule has 0 spiro atoms. The molecule has 1 aromatic heterocycles. The summed E-state index contributed by atoms with van der Waals surface area (Å²) in [4.78, 5) is 37.9. The van der Waals surface area contributed by atoms with Gasteiger partial charge in [0, 0.05) is 51.9 Å². The van der Waals surface area contributed by atoms with E-state index in [9.17, 15) is 31.5 Å². The van der Waals surface area contributed by atoms with E-state index < -0.39 is 47.8 Å². The number of piperazine rings is 1. The van der Waals surface area contributed by atoms with E-state index >= 15 is 0 Å². The molecule has 0 radical (unpaired) electrons. The number of hydrogen-bond donors (Lipinski definition) is 0. The van der Waals surface area contributed by atoms with Gasteiger partial charge in [-0.25, -0.2) is 28.6 Å². The lowest BCUT2D eigenvalue weighted by Crippen LogP contribution is -2.56. The molecule has 2 aromatic rings. The molecule has 0 bridgehead atoms. The molecule has 1 atom stereocenters. The average molecular weight is 564 g/mol. The van der Waals surface area contributed by atoms with Gasteiger partial charge in [-0.3, -0.25) is 9.53 Å². The van der Waals surface area contributed by atoms with E-state index in [0.29, 0.717) is 12.0 Å². The number of rotatable bonds is 4. The molecule has 0 unspecified atom stereocenters. The van der Waals surface area contributed by atoms with Crippen LogP contribution in [0.1, 0.15) is 34.1 Å². The van der Waals surface area contributed by atoms with E-state index in [1.54, 1.807) is 4.90 Å². The Morgan fingerprint density at radius 3 is 2.45 bits per heavy atom. The zero-order chi connectivity index (χ0) is 28.6. The van der Waals surface area contributed by atoms with E-state index in [1.165, 1.54) is 28.3 Å². The van der Waals surface area contributed by atoms with Gasteiger partial charge < -0.3 is 14.7 Å². The Hall–Kier alpha value is -4.39. The van der Waals surface area contributed by atoms with Crippen molar-refractivity contribution in [3.8, 4) is 6.07 Å². The fourth-order valence-electron chi connectivity index (χ4n) is 4.66. The number of likely N-dealkylation sites (tertiary alicyclic amines) is 1. The van der Waals surface area contributed by atoms with Crippen molar-refractivity contribution < 1.29 is 36.3 Å². The first-order valence-electron chi connectivity index (χ1n) is 12.1. The number of urea groups is 1. The Kier molecular flexibility index (Phi) is 7.23. The van der Waals surface area contributed by atoms with Crippen LogP contribution in [-0.4, -0.2) is 94.7 Å². The van der Waals surface area contributed by atoms with Gasteiger partial charge >= 0.3 is 12.4 Å². The van der Waals surface area contributed by atoms with Crippen LogP contribution in [0.15, 0.2) is 29.5 Å². The molecule has 4 heterocycles. The Morgan fingerprint density at radius 2 is 1.77 bits per heavy atom. The predicted molar refractivity (Wildman–Crippen MR) is 127 cm³/mol. The van der Waals surface area contributed by atoms with Crippen molar-refractivity contribution in [2.24, 2.45) is 5.10 Å². The quantitative estimate of drug-likeness (QED) is 0.524. The fraction of sp³-hybridized carbons (Fsp3) is 0.417. The summed E-state index contributed by atoms with van der Waals surface area (Å²) in [6, 6.07) is 4.75. The van der Waals surface area contributed by atoms with E-state index in [2.05, 4.69) is 19.8 Å². The number of halogens is 5. The second-order valence-corrected chi connectivity index (χ2v) is 9.30. The Bertz CT molecular complexity index is 1380. The first-order chi connectivity index (χ1) is 19.0. The number of benzene rings is 1. The molecule has 3 aliphatic heterocycles. The zero-order valence-corrected chi connectivity index (χ0v) is 20.7. The average Bonchev–Trinajstić information content (AvgIpc) is 3.39. The van der Waals surface area contributed by atoms with Crippen LogP contribution in [0.5, 0.6) is 0 Å². The second kappa shape index (κ2) is 10.6. The highest BCUT2D eigenvalue weighted by atomic mass is 19.4. The summed E-state index contributed by atoms with van der Waals surface area (Å²) in [5.41, 5.74) is -0.00453. The number of carbonyl (C=O) groups is 2. The van der Waals surface area contributed by atoms with Crippen molar-refractivity contribution in [2.45, 2.75) is 24.9 Å². The number of ether oxygens (including phenoxy) is 1. The third-order valence-corrected chi connectivity index (χ3v) is 6.66. The second-order valence-electron chi connectivity index (χ2n) is 9.30. The number of alkyl halides is 3. The molecule has 5 rings (SSSR count). The van der Waals surface area contributed by atoms with Gasteiger partial charge in [0.2, 0.25) is 5.95 Å². The third kappa shape index (κ3) is 5.64. The highest BCUT2D eigenvalue weighted by molar-refractivity contribution is 5.93. The number of amides is 3. The van der Waals surface area contributed by atoms with Crippen LogP contribution in [-0.2, 0) is 4.74 Å². The number of nitrogens with zero attached hydrogens (tertiary/aromatic N) is 8. The van der Waals surface area contributed by atoms with Crippen LogP contribution in [0.25, 0.3) is 0 Å². The standard InChI is InChI=1S/C24H21F5N8O3/c25-16-8-14(10-30)7-15(9-16)19-1-2-32-37(19)23(39)35-5-3-34(4-6-35)22-31-11-18(26)20(33-22)21(38)36-12-17(13-36)40-24(27,28)29/h2,7-9,11,17,19H,1,3-6,12-13H2/t19-/m0/s1. The van der Waals surface area contributed by atoms with E-state index in [-0.39, 0.29) is 50.8 Å². The van der Waals surface area contributed by atoms with Crippen molar-refractivity contribution >= 4 is 24.1 Å². The number of nitriles is 1. The van der Waals surface area contributed by atoms with E-state index in [0.717, 1.165) is 17.2 Å². The fourth-order valence-corrected chi connectivity index (χ4v) is 4.66. The van der Waals surface area contributed by atoms with Gasteiger partial charge in [0.25, 0.3) is 5.91 Å². The van der Waals surface area contributed by atoms with Crippen molar-refractivity contribution in [3.05, 3.63) is 52.9 Å². The molecule has 210 valence electrons. The highest BCUT2D eigenvalue weighted by Gasteiger charge is 2.42. The van der Waals surface area contributed by atoms with E-state index in [1.807, 2.05) is 6.07 Å². The van der Waals surface area contributed by atoms with Crippen molar-refractivity contribution in [1.29, 1.82) is 5.26 Å². The molecule has 11 nitrogen and oxygen atoms in total. The molecular weight excluding hydrogens is 543 g/mol. The molecule has 2 saturated heterocycles. The molecule has 3 amide bonds. The number of anilines is 1. The normalized spacial score (nSPS) is 19.6. The predicted octanol–water partition coefficient (Wildman–Crippen LogP) is 2.66. The maximum atomic E-state index is 14.4. The Labute approximate surface area is 224 Å². The maximum absolute atomic E-state index is 14.4. The van der Waals surface area contributed by atoms with Crippen LogP contribution in [0.2, 0.25) is 0 Å². The third-order valence-electron chi connectivity index (χ3n) is 6.66. The van der Waals surface area contributed by atoms with Crippen LogP contribution in [0.4, 0.5) is 32.7 Å². The minimum Gasteiger partial charge on any atom is -0.337 e. The SMILES string of the molecule is N#Cc1cc(F)cc([C@@H]2CC=NN2C(=O)N2CCN(c3ncc(F)c(C(=O)N4CC(OC(F)(F)F)C4)n3)CC2)c1. The summed E-state index contributed by atoms with van der Waals surface area (Å²) < 4.78 is 69.2. The van der Waals surface area contributed by atoms with Crippen molar-refractivity contribution in [1.82, 2.24) is 24.8 Å². The molecule has 2 fully saturated rings. The Morgan fingerprint density at radius 1 is 1.05 bits per heavy atom. The summed E-state index contributed by atoms with van der Waals surface area (Å²) in [7, 11) is 0. The van der Waals surface area contributed by atoms with Gasteiger partial charge in [0.05, 0.1) is 23.9 Å². The van der Waals surface area contributed by atoms with Crippen LogP contribution >= 0.6 is 0 Å². The summed E-state index contributed by atoms with van der Waals surface area (Å²) in [5, 5.41) is 14.5. The Balaban J connectivity index is 1.21. The van der Waals surface area contributed by atoms with Gasteiger partial charge in [-0.1, -0.05) is 0 Å². The van der Waals surface area contributed by atoms with Gasteiger partial charge in [-0.15, -0.1) is 13.2 Å². The van der Waals surface area contributed by atoms with Crippen molar-refractivity contribution in [2.75, 3.05) is 44.2 Å². The van der Waals surface area contributed by atoms with Gasteiger partial charge in [0.15, 0.2) is 11.5 Å². The van der Waals surface area contributed by atoms with Gasteiger partial charge in [0.1, 0.15) is 11.9 Å². The summed E-state index contributed by atoms with van der Waals surface area (Å²) in [5.74, 6) is -2.46. The summed E-state index contributed by atoms with van der Waals surface area (Å²) in [6.07, 6.45) is -3.36. The van der Waals surface area contributed by atoms with Crippen LogP contribution in [0, 0.1) is 23.0 Å². The number of carbonyl (C=O) groups excluding carboxylic acids is 2. The number of aromatic nitrogens is 2. The monoisotopic (exact) mass is 564 g/mol. The summed E-state index contributed by atoms with van der Waals surface area (Å²) in [6.45, 7) is 0.165. The van der Waals surface area contributed by atoms with E-state index in [4.69, 9.17) is 5.26 Å². The molecule has 0 aliphatic carbocycles. The van der Waals surface area contributed by atoms with Crippen LogP contribution < -0.4 is 4.90 Å². The molecule has 16 heteroatoms. The number of hydrazone groups is 1. The minimum absolute atomic E-state index is 0.0290. The van der Waals surface area contributed by atoms with Gasteiger partial charge in [-0.2, -0.15) is 10.4 Å².